The Morgan fingerprint density at radius 3 is 1.83 bits per heavy atom. The normalized spacial score (nSPS) is 12.3. The van der Waals surface area contributed by atoms with Gasteiger partial charge in [0, 0.05) is 17.3 Å². The molecule has 0 aliphatic carbocycles. The summed E-state index contributed by atoms with van der Waals surface area (Å²) in [6.07, 6.45) is 0. The van der Waals surface area contributed by atoms with E-state index in [2.05, 4.69) is 72.5 Å². The molecule has 0 aliphatic rings. The van der Waals surface area contributed by atoms with Crippen LogP contribution in [0.3, 0.4) is 0 Å². The van der Waals surface area contributed by atoms with Crippen LogP contribution in [-0.2, 0) is 26.6 Å². The first-order valence-corrected chi connectivity index (χ1v) is 12.5. The standard InChI is InChI=1S/C13H11I3N2O4S2/c14-11-5-10(6-12(15)13(11)16)24(21,22)18-7-8-1-3-9(4-2-8)23(17,19)20/h1-6,18H,7H2,(H2,17,19,20). The zero-order valence-electron chi connectivity index (χ0n) is 11.8. The van der Waals surface area contributed by atoms with Crippen LogP contribution in [0.4, 0.5) is 0 Å². The maximum Gasteiger partial charge on any atom is 0.240 e. The second kappa shape index (κ2) is 7.99. The van der Waals surface area contributed by atoms with Crippen molar-refractivity contribution in [1.29, 1.82) is 0 Å². The predicted octanol–water partition coefficient (Wildman–Crippen LogP) is 2.63. The first-order valence-electron chi connectivity index (χ1n) is 6.26. The van der Waals surface area contributed by atoms with Gasteiger partial charge in [-0.05, 0) is 97.6 Å². The smallest absolute Gasteiger partial charge is 0.225 e. The summed E-state index contributed by atoms with van der Waals surface area (Å²) in [6, 6.07) is 8.94. The summed E-state index contributed by atoms with van der Waals surface area (Å²) in [7, 11) is -7.43. The molecule has 0 aromatic heterocycles. The largest absolute Gasteiger partial charge is 0.240 e. The van der Waals surface area contributed by atoms with Crippen molar-refractivity contribution < 1.29 is 16.8 Å². The van der Waals surface area contributed by atoms with E-state index in [1.165, 1.54) is 24.3 Å². The first kappa shape index (κ1) is 20.8. The average Bonchev–Trinajstić information content (AvgIpc) is 2.49. The molecule has 2 rings (SSSR count). The van der Waals surface area contributed by atoms with Gasteiger partial charge in [-0.25, -0.2) is 26.7 Å². The highest BCUT2D eigenvalue weighted by Crippen LogP contribution is 2.25. The lowest BCUT2D eigenvalue weighted by Crippen LogP contribution is -2.23. The van der Waals surface area contributed by atoms with E-state index >= 15 is 0 Å². The molecule has 130 valence electrons. The number of nitrogens with two attached hydrogens (primary N) is 1. The van der Waals surface area contributed by atoms with Gasteiger partial charge in [0.1, 0.15) is 0 Å². The molecule has 0 aliphatic heterocycles. The Balaban J connectivity index is 2.19. The number of sulfonamides is 2. The van der Waals surface area contributed by atoms with Gasteiger partial charge in [-0.15, -0.1) is 0 Å². The van der Waals surface area contributed by atoms with Gasteiger partial charge in [0.25, 0.3) is 0 Å². The number of benzene rings is 2. The summed E-state index contributed by atoms with van der Waals surface area (Å²) in [5, 5.41) is 5.03. The molecule has 0 saturated heterocycles. The third-order valence-corrected chi connectivity index (χ3v) is 10.2. The van der Waals surface area contributed by atoms with Crippen LogP contribution in [-0.4, -0.2) is 16.8 Å². The van der Waals surface area contributed by atoms with Gasteiger partial charge in [-0.3, -0.25) is 0 Å². The molecule has 24 heavy (non-hydrogen) atoms. The molecule has 0 spiro atoms. The molecule has 0 fully saturated rings. The van der Waals surface area contributed by atoms with Gasteiger partial charge >= 0.3 is 0 Å². The molecule has 11 heteroatoms. The van der Waals surface area contributed by atoms with Crippen LogP contribution in [0.2, 0.25) is 0 Å². The Labute approximate surface area is 181 Å². The first-order chi connectivity index (χ1) is 11.0. The molecular weight excluding hydrogens is 693 g/mol. The van der Waals surface area contributed by atoms with Crippen LogP contribution >= 0.6 is 67.8 Å². The summed E-state index contributed by atoms with van der Waals surface area (Å²) in [5.74, 6) is 0. The van der Waals surface area contributed by atoms with Crippen molar-refractivity contribution in [3.63, 3.8) is 0 Å². The van der Waals surface area contributed by atoms with Crippen LogP contribution in [0.15, 0.2) is 46.2 Å². The van der Waals surface area contributed by atoms with E-state index in [9.17, 15) is 16.8 Å². The Morgan fingerprint density at radius 1 is 0.875 bits per heavy atom. The van der Waals surface area contributed by atoms with Crippen molar-refractivity contribution in [2.75, 3.05) is 0 Å². The number of rotatable bonds is 5. The van der Waals surface area contributed by atoms with Gasteiger partial charge in [-0.1, -0.05) is 12.1 Å². The number of nitrogens with one attached hydrogen (secondary N) is 1. The number of hydrogen-bond donors (Lipinski definition) is 2. The van der Waals surface area contributed by atoms with Gasteiger partial charge < -0.3 is 0 Å². The van der Waals surface area contributed by atoms with Crippen molar-refractivity contribution in [1.82, 2.24) is 4.72 Å². The Bertz CT molecular complexity index is 952. The van der Waals surface area contributed by atoms with E-state index < -0.39 is 20.0 Å². The van der Waals surface area contributed by atoms with Crippen LogP contribution in [0.1, 0.15) is 5.56 Å². The monoisotopic (exact) mass is 704 g/mol. The van der Waals surface area contributed by atoms with Gasteiger partial charge in [0.05, 0.1) is 9.79 Å². The molecule has 0 bridgehead atoms. The molecule has 0 atom stereocenters. The highest BCUT2D eigenvalue weighted by Gasteiger charge is 2.17. The third kappa shape index (κ3) is 5.23. The van der Waals surface area contributed by atoms with E-state index in [1.54, 1.807) is 12.1 Å². The third-order valence-electron chi connectivity index (χ3n) is 2.99. The van der Waals surface area contributed by atoms with Crippen LogP contribution in [0.25, 0.3) is 0 Å². The fourth-order valence-corrected chi connectivity index (χ4v) is 5.83. The molecule has 0 unspecified atom stereocenters. The van der Waals surface area contributed by atoms with E-state index in [-0.39, 0.29) is 16.3 Å². The highest BCUT2D eigenvalue weighted by molar-refractivity contribution is 14.1. The van der Waals surface area contributed by atoms with Crippen molar-refractivity contribution in [3.05, 3.63) is 52.7 Å². The molecule has 0 amide bonds. The topological polar surface area (TPSA) is 106 Å². The fourth-order valence-electron chi connectivity index (χ4n) is 1.75. The van der Waals surface area contributed by atoms with E-state index in [0.717, 1.165) is 10.7 Å². The van der Waals surface area contributed by atoms with Crippen LogP contribution in [0.5, 0.6) is 0 Å². The summed E-state index contributed by atoms with van der Waals surface area (Å²) in [6.45, 7) is 0.0480. The minimum absolute atomic E-state index is 0.0177. The Hall–Kier alpha value is 0.450. The minimum Gasteiger partial charge on any atom is -0.225 e. The summed E-state index contributed by atoms with van der Waals surface area (Å²) < 4.78 is 52.5. The van der Waals surface area contributed by atoms with Crippen molar-refractivity contribution in [2.45, 2.75) is 16.3 Å². The number of primary sulfonamides is 1. The Kier molecular flexibility index (Phi) is 6.91. The second-order valence-electron chi connectivity index (χ2n) is 4.71. The maximum absolute atomic E-state index is 12.4. The molecule has 2 aromatic carbocycles. The number of halogens is 3. The summed E-state index contributed by atoms with van der Waals surface area (Å²) >= 11 is 6.35. The Morgan fingerprint density at radius 2 is 1.38 bits per heavy atom. The van der Waals surface area contributed by atoms with Gasteiger partial charge in [-0.2, -0.15) is 0 Å². The lowest BCUT2D eigenvalue weighted by atomic mass is 10.2. The van der Waals surface area contributed by atoms with Gasteiger partial charge in [0.15, 0.2) is 0 Å². The quantitative estimate of drug-likeness (QED) is 0.369. The summed E-state index contributed by atoms with van der Waals surface area (Å²) in [4.78, 5) is 0.175. The lowest BCUT2D eigenvalue weighted by molar-refractivity contribution is 0.580. The molecule has 0 heterocycles. The maximum atomic E-state index is 12.4. The van der Waals surface area contributed by atoms with E-state index in [1.807, 2.05) is 0 Å². The summed E-state index contributed by atoms with van der Waals surface area (Å²) in [5.41, 5.74) is 0.626. The molecule has 3 N–H and O–H groups in total. The molecular formula is C13H11I3N2O4S2. The zero-order chi connectivity index (χ0) is 18.1. The number of hydrogen-bond acceptors (Lipinski definition) is 4. The fraction of sp³-hybridized carbons (Fsp3) is 0.0769. The molecule has 0 radical (unpaired) electrons. The van der Waals surface area contributed by atoms with Crippen LogP contribution < -0.4 is 9.86 Å². The second-order valence-corrected chi connectivity index (χ2v) is 11.4. The highest BCUT2D eigenvalue weighted by atomic mass is 127. The molecule has 0 saturated carbocycles. The molecule has 2 aromatic rings. The average molecular weight is 704 g/mol. The lowest BCUT2D eigenvalue weighted by Gasteiger charge is -2.09. The van der Waals surface area contributed by atoms with Gasteiger partial charge in [0.2, 0.25) is 20.0 Å². The van der Waals surface area contributed by atoms with E-state index in [0.29, 0.717) is 5.56 Å². The molecule has 6 nitrogen and oxygen atoms in total. The zero-order valence-corrected chi connectivity index (χ0v) is 19.9. The van der Waals surface area contributed by atoms with Crippen molar-refractivity contribution in [3.8, 4) is 0 Å². The van der Waals surface area contributed by atoms with Crippen molar-refractivity contribution in [2.24, 2.45) is 5.14 Å². The van der Waals surface area contributed by atoms with Crippen LogP contribution in [0, 0.1) is 10.7 Å². The van der Waals surface area contributed by atoms with Crippen molar-refractivity contribution >= 4 is 87.8 Å². The van der Waals surface area contributed by atoms with E-state index in [4.69, 9.17) is 5.14 Å². The minimum atomic E-state index is -3.76. The predicted molar refractivity (Wildman–Crippen MR) is 116 cm³/mol. The SMILES string of the molecule is NS(=O)(=O)c1ccc(CNS(=O)(=O)c2cc(I)c(I)c(I)c2)cc1.